The van der Waals surface area contributed by atoms with Gasteiger partial charge in [0.15, 0.2) is 0 Å². The lowest BCUT2D eigenvalue weighted by Crippen LogP contribution is -1.92. The number of pyridine rings is 1. The fraction of sp³-hybridized carbons (Fsp3) is 0.400. The van der Waals surface area contributed by atoms with Crippen LogP contribution in [0.2, 0.25) is 0 Å². The van der Waals surface area contributed by atoms with E-state index in [-0.39, 0.29) is 0 Å². The van der Waals surface area contributed by atoms with E-state index in [1.807, 2.05) is 18.2 Å². The maximum atomic E-state index is 8.63. The lowest BCUT2D eigenvalue weighted by molar-refractivity contribution is 0.905. The van der Waals surface area contributed by atoms with Crippen LogP contribution in [-0.4, -0.2) is 10.2 Å². The van der Waals surface area contributed by atoms with Crippen LogP contribution in [0.25, 0.3) is 0 Å². The van der Waals surface area contributed by atoms with Crippen LogP contribution in [0.4, 0.5) is 0 Å². The van der Waals surface area contributed by atoms with Crippen molar-refractivity contribution in [2.75, 3.05) is 0 Å². The van der Waals surface area contributed by atoms with Gasteiger partial charge < -0.3 is 0 Å². The zero-order chi connectivity index (χ0) is 9.68. The van der Waals surface area contributed by atoms with Crippen molar-refractivity contribution in [2.24, 2.45) is 0 Å². The average Bonchev–Trinajstić information content (AvgIpc) is 2.18. The van der Waals surface area contributed by atoms with E-state index in [1.54, 1.807) is 18.0 Å². The van der Waals surface area contributed by atoms with E-state index in [9.17, 15) is 0 Å². The third-order valence-corrected chi connectivity index (χ3v) is 3.02. The molecule has 2 nitrogen and oxygen atoms in total. The van der Waals surface area contributed by atoms with Crippen molar-refractivity contribution in [1.82, 2.24) is 4.98 Å². The molecule has 0 aliphatic rings. The van der Waals surface area contributed by atoms with Crippen molar-refractivity contribution >= 4 is 11.8 Å². The van der Waals surface area contributed by atoms with Gasteiger partial charge in [0.2, 0.25) is 0 Å². The van der Waals surface area contributed by atoms with Gasteiger partial charge in [-0.3, -0.25) is 0 Å². The minimum absolute atomic E-state index is 0.494. The highest BCUT2D eigenvalue weighted by Crippen LogP contribution is 2.24. The Kier molecular flexibility index (Phi) is 3.78. The fourth-order valence-electron chi connectivity index (χ4n) is 0.861. The van der Waals surface area contributed by atoms with Gasteiger partial charge in [0.1, 0.15) is 11.8 Å². The Bertz CT molecular complexity index is 317. The van der Waals surface area contributed by atoms with Crippen LogP contribution < -0.4 is 0 Å². The van der Waals surface area contributed by atoms with Crippen LogP contribution in [0.5, 0.6) is 0 Å². The molecule has 1 atom stereocenters. The molecule has 1 aromatic rings. The van der Waals surface area contributed by atoms with Gasteiger partial charge in [0, 0.05) is 16.3 Å². The third-order valence-electron chi connectivity index (χ3n) is 1.76. The van der Waals surface area contributed by atoms with E-state index < -0.39 is 0 Å². The molecule has 0 aliphatic heterocycles. The van der Waals surface area contributed by atoms with Gasteiger partial charge in [-0.15, -0.1) is 11.8 Å². The summed E-state index contributed by atoms with van der Waals surface area (Å²) < 4.78 is 0. The molecule has 1 unspecified atom stereocenters. The molecule has 0 amide bonds. The topological polar surface area (TPSA) is 36.7 Å². The number of rotatable bonds is 3. The molecule has 0 aromatic carbocycles. The predicted molar refractivity (Wildman–Crippen MR) is 54.6 cm³/mol. The molecule has 0 saturated carbocycles. The SMILES string of the molecule is CCC(C)Sc1ccnc(C#N)c1. The number of thioether (sulfide) groups is 1. The summed E-state index contributed by atoms with van der Waals surface area (Å²) in [5, 5.41) is 9.22. The first-order chi connectivity index (χ1) is 6.26. The van der Waals surface area contributed by atoms with E-state index in [2.05, 4.69) is 18.8 Å². The zero-order valence-electron chi connectivity index (χ0n) is 7.82. The molecular formula is C10H12N2S. The second kappa shape index (κ2) is 4.88. The summed E-state index contributed by atoms with van der Waals surface area (Å²) in [6, 6.07) is 5.81. The largest absolute Gasteiger partial charge is 0.245 e. The highest BCUT2D eigenvalue weighted by molar-refractivity contribution is 7.99. The molecule has 0 radical (unpaired) electrons. The van der Waals surface area contributed by atoms with E-state index in [0.717, 1.165) is 11.3 Å². The number of hydrogen-bond donors (Lipinski definition) is 0. The van der Waals surface area contributed by atoms with Gasteiger partial charge in [0.05, 0.1) is 0 Å². The molecular weight excluding hydrogens is 180 g/mol. The Morgan fingerprint density at radius 2 is 2.46 bits per heavy atom. The fourth-order valence-corrected chi connectivity index (χ4v) is 1.81. The normalized spacial score (nSPS) is 12.1. The van der Waals surface area contributed by atoms with Crippen molar-refractivity contribution in [3.8, 4) is 6.07 Å². The third kappa shape index (κ3) is 3.08. The number of hydrogen-bond acceptors (Lipinski definition) is 3. The van der Waals surface area contributed by atoms with Crippen molar-refractivity contribution in [3.05, 3.63) is 24.0 Å². The first kappa shape index (κ1) is 10.1. The number of nitrogens with zero attached hydrogens (tertiary/aromatic N) is 2. The molecule has 1 aromatic heterocycles. The van der Waals surface area contributed by atoms with Gasteiger partial charge >= 0.3 is 0 Å². The van der Waals surface area contributed by atoms with Crippen LogP contribution in [0.15, 0.2) is 23.2 Å². The van der Waals surface area contributed by atoms with Crippen molar-refractivity contribution in [2.45, 2.75) is 30.4 Å². The minimum atomic E-state index is 0.494. The van der Waals surface area contributed by atoms with Crippen molar-refractivity contribution in [1.29, 1.82) is 5.26 Å². The van der Waals surface area contributed by atoms with Crippen LogP contribution in [0, 0.1) is 11.3 Å². The summed E-state index contributed by atoms with van der Waals surface area (Å²) in [6.07, 6.45) is 2.82. The molecule has 0 aliphatic carbocycles. The number of aromatic nitrogens is 1. The molecule has 0 N–H and O–H groups in total. The van der Waals surface area contributed by atoms with E-state index in [0.29, 0.717) is 10.9 Å². The molecule has 0 spiro atoms. The summed E-state index contributed by atoms with van der Waals surface area (Å²) in [4.78, 5) is 5.04. The molecule has 1 rings (SSSR count). The minimum Gasteiger partial charge on any atom is -0.245 e. The summed E-state index contributed by atoms with van der Waals surface area (Å²) in [7, 11) is 0. The Balaban J connectivity index is 2.73. The van der Waals surface area contributed by atoms with E-state index in [4.69, 9.17) is 5.26 Å². The molecule has 0 bridgehead atoms. The van der Waals surface area contributed by atoms with Gasteiger partial charge in [-0.2, -0.15) is 5.26 Å². The Labute approximate surface area is 83.0 Å². The lowest BCUT2D eigenvalue weighted by Gasteiger charge is -2.07. The summed E-state index contributed by atoms with van der Waals surface area (Å²) in [5.41, 5.74) is 0.494. The molecule has 3 heteroatoms. The maximum absolute atomic E-state index is 8.63. The maximum Gasteiger partial charge on any atom is 0.141 e. The Hall–Kier alpha value is -1.01. The molecule has 68 valence electrons. The zero-order valence-corrected chi connectivity index (χ0v) is 8.64. The van der Waals surface area contributed by atoms with Gasteiger partial charge in [-0.1, -0.05) is 13.8 Å². The Morgan fingerprint density at radius 3 is 3.08 bits per heavy atom. The van der Waals surface area contributed by atoms with Crippen LogP contribution in [0.1, 0.15) is 26.0 Å². The van der Waals surface area contributed by atoms with E-state index >= 15 is 0 Å². The van der Waals surface area contributed by atoms with E-state index in [1.165, 1.54) is 0 Å². The summed E-state index contributed by atoms with van der Waals surface area (Å²) in [5.74, 6) is 0. The smallest absolute Gasteiger partial charge is 0.141 e. The lowest BCUT2D eigenvalue weighted by atomic mass is 10.4. The van der Waals surface area contributed by atoms with Gasteiger partial charge in [-0.25, -0.2) is 4.98 Å². The first-order valence-corrected chi connectivity index (χ1v) is 5.17. The average molecular weight is 192 g/mol. The molecule has 1 heterocycles. The predicted octanol–water partition coefficient (Wildman–Crippen LogP) is 2.84. The highest BCUT2D eigenvalue weighted by Gasteiger charge is 2.02. The van der Waals surface area contributed by atoms with Crippen LogP contribution in [0.3, 0.4) is 0 Å². The van der Waals surface area contributed by atoms with Crippen LogP contribution >= 0.6 is 11.8 Å². The summed E-state index contributed by atoms with van der Waals surface area (Å²) in [6.45, 7) is 4.33. The van der Waals surface area contributed by atoms with Gasteiger partial charge in [-0.05, 0) is 18.6 Å². The first-order valence-electron chi connectivity index (χ1n) is 4.29. The number of nitriles is 1. The monoisotopic (exact) mass is 192 g/mol. The van der Waals surface area contributed by atoms with Crippen molar-refractivity contribution in [3.63, 3.8) is 0 Å². The quantitative estimate of drug-likeness (QED) is 0.691. The summed E-state index contributed by atoms with van der Waals surface area (Å²) >= 11 is 1.78. The molecule has 0 fully saturated rings. The Morgan fingerprint density at radius 1 is 1.69 bits per heavy atom. The highest BCUT2D eigenvalue weighted by atomic mass is 32.2. The van der Waals surface area contributed by atoms with Crippen LogP contribution in [-0.2, 0) is 0 Å². The molecule has 13 heavy (non-hydrogen) atoms. The molecule has 0 saturated heterocycles. The second-order valence-corrected chi connectivity index (χ2v) is 4.34. The van der Waals surface area contributed by atoms with Crippen molar-refractivity contribution < 1.29 is 0 Å². The second-order valence-electron chi connectivity index (χ2n) is 2.83. The standard InChI is InChI=1S/C10H12N2S/c1-3-8(2)13-10-4-5-12-9(6-10)7-11/h4-6,8H,3H2,1-2H3. The van der Waals surface area contributed by atoms with Gasteiger partial charge in [0.25, 0.3) is 0 Å².